The predicted octanol–water partition coefficient (Wildman–Crippen LogP) is 3.95. The van der Waals surface area contributed by atoms with Crippen molar-refractivity contribution in [2.75, 3.05) is 16.6 Å². The molecule has 1 aromatic heterocycles. The number of nitrogens with one attached hydrogen (secondary N) is 1. The van der Waals surface area contributed by atoms with Gasteiger partial charge in [0.2, 0.25) is 10.0 Å². The smallest absolute Gasteiger partial charge is 0.251 e. The van der Waals surface area contributed by atoms with Crippen LogP contribution in [0.1, 0.15) is 53.4 Å². The number of carbonyl (C=O) groups excluding carboxylic acids is 1. The van der Waals surface area contributed by atoms with E-state index >= 15 is 0 Å². The first kappa shape index (κ1) is 18.5. The van der Waals surface area contributed by atoms with Crippen molar-refractivity contribution in [1.82, 2.24) is 5.32 Å². The first-order valence-corrected chi connectivity index (χ1v) is 12.0. The van der Waals surface area contributed by atoms with Crippen LogP contribution in [0.25, 0.3) is 0 Å². The molecular formula is C20H24N2O3S2. The molecule has 0 radical (unpaired) electrons. The van der Waals surface area contributed by atoms with Gasteiger partial charge in [-0.05, 0) is 54.8 Å². The van der Waals surface area contributed by atoms with Crippen LogP contribution in [0.2, 0.25) is 0 Å². The summed E-state index contributed by atoms with van der Waals surface area (Å²) in [4.78, 5) is 14.1. The fourth-order valence-corrected chi connectivity index (χ4v) is 6.56. The molecule has 2 aliphatic rings. The van der Waals surface area contributed by atoms with E-state index < -0.39 is 10.0 Å². The molecule has 2 aromatic rings. The number of rotatable bonds is 5. The van der Waals surface area contributed by atoms with Gasteiger partial charge in [-0.2, -0.15) is 0 Å². The van der Waals surface area contributed by atoms with Crippen molar-refractivity contribution in [1.29, 1.82) is 0 Å². The van der Waals surface area contributed by atoms with Crippen molar-refractivity contribution in [2.24, 2.45) is 5.92 Å². The number of nitrogens with zero attached hydrogens (tertiary/aromatic N) is 1. The summed E-state index contributed by atoms with van der Waals surface area (Å²) in [6.07, 6.45) is 5.32. The molecule has 7 heteroatoms. The molecule has 144 valence electrons. The Morgan fingerprint density at radius 2 is 1.96 bits per heavy atom. The molecule has 1 aromatic carbocycles. The maximum atomic E-state index is 13.0. The van der Waals surface area contributed by atoms with Crippen LogP contribution in [0.5, 0.6) is 0 Å². The number of carbonyl (C=O) groups is 1. The molecule has 1 amide bonds. The lowest BCUT2D eigenvalue weighted by Crippen LogP contribution is -2.32. The average molecular weight is 405 g/mol. The summed E-state index contributed by atoms with van der Waals surface area (Å²) in [6.45, 7) is 0.479. The zero-order valence-corrected chi connectivity index (χ0v) is 16.8. The van der Waals surface area contributed by atoms with Crippen LogP contribution < -0.4 is 9.62 Å². The third kappa shape index (κ3) is 3.89. The Balaban J connectivity index is 1.56. The number of anilines is 1. The van der Waals surface area contributed by atoms with Gasteiger partial charge in [-0.3, -0.25) is 9.10 Å². The van der Waals surface area contributed by atoms with Gasteiger partial charge in [-0.25, -0.2) is 8.42 Å². The van der Waals surface area contributed by atoms with E-state index in [0.717, 1.165) is 12.8 Å². The second kappa shape index (κ2) is 7.64. The standard InChI is InChI=1S/C20H24N2O3S2/c23-20(21-19(15-6-1-2-7-15)18-10-4-12-26-18)16-8-3-9-17(14-16)22-11-5-13-27(22,24)25/h3-4,8-10,12,14-15,19H,1-2,5-7,11,13H2,(H,21,23)/t19-/m1/s1. The molecule has 27 heavy (non-hydrogen) atoms. The van der Waals surface area contributed by atoms with Crippen molar-refractivity contribution in [3.8, 4) is 0 Å². The molecule has 5 nitrogen and oxygen atoms in total. The molecule has 0 bridgehead atoms. The minimum Gasteiger partial charge on any atom is -0.344 e. The van der Waals surface area contributed by atoms with Gasteiger partial charge >= 0.3 is 0 Å². The van der Waals surface area contributed by atoms with Crippen molar-refractivity contribution in [3.63, 3.8) is 0 Å². The van der Waals surface area contributed by atoms with Gasteiger partial charge in [0.1, 0.15) is 0 Å². The molecule has 2 heterocycles. The van der Waals surface area contributed by atoms with Gasteiger partial charge in [-0.15, -0.1) is 11.3 Å². The Bertz CT molecular complexity index is 903. The fraction of sp³-hybridized carbons (Fsp3) is 0.450. The first-order valence-electron chi connectivity index (χ1n) is 9.49. The van der Waals surface area contributed by atoms with Gasteiger partial charge in [0.25, 0.3) is 5.91 Å². The topological polar surface area (TPSA) is 66.5 Å². The summed E-state index contributed by atoms with van der Waals surface area (Å²) in [7, 11) is -3.25. The van der Waals surface area contributed by atoms with Crippen molar-refractivity contribution >= 4 is 33.0 Å². The lowest BCUT2D eigenvalue weighted by molar-refractivity contribution is 0.0923. The van der Waals surface area contributed by atoms with Crippen LogP contribution in [0.15, 0.2) is 41.8 Å². The van der Waals surface area contributed by atoms with Crippen LogP contribution in [-0.2, 0) is 10.0 Å². The minimum absolute atomic E-state index is 0.0270. The SMILES string of the molecule is O=C(N[C@@H](c1cccs1)C1CCCC1)c1cccc(N2CCCS2(=O)=O)c1. The van der Waals surface area contributed by atoms with Crippen LogP contribution >= 0.6 is 11.3 Å². The van der Waals surface area contributed by atoms with E-state index in [1.807, 2.05) is 11.4 Å². The average Bonchev–Trinajstić information content (AvgIpc) is 3.41. The Morgan fingerprint density at radius 1 is 1.15 bits per heavy atom. The number of benzene rings is 1. The van der Waals surface area contributed by atoms with E-state index in [1.54, 1.807) is 35.6 Å². The molecule has 1 N–H and O–H groups in total. The summed E-state index contributed by atoms with van der Waals surface area (Å²) in [5.74, 6) is 0.499. The highest BCUT2D eigenvalue weighted by molar-refractivity contribution is 7.93. The Morgan fingerprint density at radius 3 is 2.63 bits per heavy atom. The lowest BCUT2D eigenvalue weighted by Gasteiger charge is -2.24. The van der Waals surface area contributed by atoms with Gasteiger partial charge < -0.3 is 5.32 Å². The molecule has 1 aliphatic heterocycles. The lowest BCUT2D eigenvalue weighted by atomic mass is 9.96. The van der Waals surface area contributed by atoms with Crippen LogP contribution in [0.3, 0.4) is 0 Å². The number of thiophene rings is 1. The summed E-state index contributed by atoms with van der Waals surface area (Å²) >= 11 is 1.68. The summed E-state index contributed by atoms with van der Waals surface area (Å²) in [5.41, 5.74) is 1.09. The monoisotopic (exact) mass is 404 g/mol. The molecule has 1 saturated carbocycles. The van der Waals surface area contributed by atoms with E-state index in [-0.39, 0.29) is 17.7 Å². The highest BCUT2D eigenvalue weighted by Crippen LogP contribution is 2.37. The summed E-state index contributed by atoms with van der Waals surface area (Å²) < 4.78 is 25.8. The zero-order valence-electron chi connectivity index (χ0n) is 15.1. The van der Waals surface area contributed by atoms with E-state index in [2.05, 4.69) is 11.4 Å². The van der Waals surface area contributed by atoms with Gasteiger partial charge in [0.15, 0.2) is 0 Å². The molecule has 1 saturated heterocycles. The zero-order chi connectivity index (χ0) is 18.9. The molecule has 0 unspecified atom stereocenters. The van der Waals surface area contributed by atoms with E-state index in [9.17, 15) is 13.2 Å². The van der Waals surface area contributed by atoms with Gasteiger partial charge in [-0.1, -0.05) is 25.0 Å². The van der Waals surface area contributed by atoms with Crippen LogP contribution in [0, 0.1) is 5.92 Å². The maximum absolute atomic E-state index is 13.0. The van der Waals surface area contributed by atoms with Crippen molar-refractivity contribution in [2.45, 2.75) is 38.1 Å². The summed E-state index contributed by atoms with van der Waals surface area (Å²) in [5, 5.41) is 5.26. The first-order chi connectivity index (χ1) is 13.0. The molecule has 1 atom stereocenters. The van der Waals surface area contributed by atoms with E-state index in [4.69, 9.17) is 0 Å². The van der Waals surface area contributed by atoms with E-state index in [1.165, 1.54) is 22.0 Å². The van der Waals surface area contributed by atoms with Crippen LogP contribution in [0.4, 0.5) is 5.69 Å². The molecular weight excluding hydrogens is 380 g/mol. The molecule has 4 rings (SSSR count). The van der Waals surface area contributed by atoms with Gasteiger partial charge in [0, 0.05) is 17.0 Å². The van der Waals surface area contributed by atoms with Crippen molar-refractivity contribution in [3.05, 3.63) is 52.2 Å². The van der Waals surface area contributed by atoms with Crippen molar-refractivity contribution < 1.29 is 13.2 Å². The normalized spacial score (nSPS) is 20.7. The molecule has 0 spiro atoms. The largest absolute Gasteiger partial charge is 0.344 e. The van der Waals surface area contributed by atoms with Crippen LogP contribution in [-0.4, -0.2) is 26.6 Å². The number of amides is 1. The number of hydrogen-bond donors (Lipinski definition) is 1. The quantitative estimate of drug-likeness (QED) is 0.821. The molecule has 2 fully saturated rings. The number of sulfonamides is 1. The third-order valence-electron chi connectivity index (χ3n) is 5.50. The Kier molecular flexibility index (Phi) is 5.23. The van der Waals surface area contributed by atoms with Gasteiger partial charge in [0.05, 0.1) is 17.5 Å². The van der Waals surface area contributed by atoms with E-state index in [0.29, 0.717) is 30.1 Å². The highest BCUT2D eigenvalue weighted by atomic mass is 32.2. The Hall–Kier alpha value is -1.86. The third-order valence-corrected chi connectivity index (χ3v) is 8.33. The second-order valence-electron chi connectivity index (χ2n) is 7.30. The fourth-order valence-electron chi connectivity index (χ4n) is 4.14. The molecule has 1 aliphatic carbocycles. The Labute approximate surface area is 164 Å². The predicted molar refractivity (Wildman–Crippen MR) is 109 cm³/mol. The minimum atomic E-state index is -3.25. The second-order valence-corrected chi connectivity index (χ2v) is 10.3. The summed E-state index contributed by atoms with van der Waals surface area (Å²) in [6, 6.07) is 11.1. The highest BCUT2D eigenvalue weighted by Gasteiger charge is 2.30. The maximum Gasteiger partial charge on any atom is 0.251 e. The number of hydrogen-bond acceptors (Lipinski definition) is 4.